The normalized spacial score (nSPS) is 31.3. The lowest BCUT2D eigenvalue weighted by Gasteiger charge is -2.48. The van der Waals surface area contributed by atoms with E-state index in [4.69, 9.17) is 4.43 Å². The first-order valence-electron chi connectivity index (χ1n) is 13.1. The standard InChI is InChI=1S/C29H39NO3SSi/c1-28(2,3)35(5,6)33-20-11-13-21-19(17-20)10-12-23-22(21)14-15-29(4)24(23)18-25(27(29)31)34(32)26-9-7-8-16-30-26/h7-9,11,13,16-17,22-25H,10,12,14-15,18H2,1-6H3/t22?,23?,24?,25?,29-,34?/m0/s1. The number of nitrogens with zero attached hydrogens (tertiary/aromatic N) is 1. The minimum absolute atomic E-state index is 0.169. The Labute approximate surface area is 213 Å². The molecule has 5 rings (SSSR count). The Morgan fingerprint density at radius 2 is 1.91 bits per heavy atom. The highest BCUT2D eigenvalue weighted by Gasteiger charge is 2.59. The van der Waals surface area contributed by atoms with Gasteiger partial charge in [0.15, 0.2) is 5.78 Å². The van der Waals surface area contributed by atoms with Crippen LogP contribution in [-0.2, 0) is 22.0 Å². The van der Waals surface area contributed by atoms with Crippen molar-refractivity contribution in [3.05, 3.63) is 53.7 Å². The number of carbonyl (C=O) groups is 1. The summed E-state index contributed by atoms with van der Waals surface area (Å²) in [5.41, 5.74) is 2.51. The molecule has 1 heterocycles. The fourth-order valence-electron chi connectivity index (χ4n) is 6.63. The molecule has 188 valence electrons. The van der Waals surface area contributed by atoms with Gasteiger partial charge in [-0.15, -0.1) is 0 Å². The number of ketones is 1. The van der Waals surface area contributed by atoms with E-state index in [2.05, 4.69) is 64.0 Å². The summed E-state index contributed by atoms with van der Waals surface area (Å²) >= 11 is 0. The molecule has 0 aliphatic heterocycles. The molecule has 2 saturated carbocycles. The van der Waals surface area contributed by atoms with Crippen LogP contribution in [0, 0.1) is 17.3 Å². The van der Waals surface area contributed by atoms with Gasteiger partial charge in [-0.05, 0) is 103 Å². The zero-order chi connectivity index (χ0) is 25.2. The lowest BCUT2D eigenvalue weighted by atomic mass is 9.55. The van der Waals surface area contributed by atoms with Gasteiger partial charge < -0.3 is 4.43 Å². The van der Waals surface area contributed by atoms with Crippen molar-refractivity contribution < 1.29 is 13.4 Å². The zero-order valence-electron chi connectivity index (χ0n) is 22.0. The summed E-state index contributed by atoms with van der Waals surface area (Å²) < 4.78 is 19.9. The van der Waals surface area contributed by atoms with Crippen LogP contribution in [0.25, 0.3) is 0 Å². The first-order chi connectivity index (χ1) is 16.4. The van der Waals surface area contributed by atoms with Gasteiger partial charge in [-0.25, -0.2) is 4.98 Å². The molecule has 2 aromatic rings. The van der Waals surface area contributed by atoms with Crippen LogP contribution in [0.5, 0.6) is 5.75 Å². The maximum Gasteiger partial charge on any atom is 0.250 e. The molecule has 5 unspecified atom stereocenters. The third-order valence-electron chi connectivity index (χ3n) is 9.69. The molecule has 0 saturated heterocycles. The molecule has 2 fully saturated rings. The van der Waals surface area contributed by atoms with Crippen molar-refractivity contribution >= 4 is 24.9 Å². The van der Waals surface area contributed by atoms with Crippen molar-refractivity contribution in [2.24, 2.45) is 17.3 Å². The molecule has 0 spiro atoms. The Morgan fingerprint density at radius 3 is 2.60 bits per heavy atom. The fourth-order valence-corrected chi connectivity index (χ4v) is 9.17. The number of hydrogen-bond donors (Lipinski definition) is 0. The van der Waals surface area contributed by atoms with Crippen LogP contribution in [0.1, 0.15) is 70.4 Å². The molecule has 0 bridgehead atoms. The van der Waals surface area contributed by atoms with Crippen molar-refractivity contribution in [3.63, 3.8) is 0 Å². The molecule has 0 amide bonds. The Kier molecular flexibility index (Phi) is 6.15. The van der Waals surface area contributed by atoms with Crippen molar-refractivity contribution in [1.82, 2.24) is 4.98 Å². The van der Waals surface area contributed by atoms with Gasteiger partial charge in [-0.2, -0.15) is 0 Å². The predicted octanol–water partition coefficient (Wildman–Crippen LogP) is 6.68. The quantitative estimate of drug-likeness (QED) is 0.432. The van der Waals surface area contributed by atoms with Crippen molar-refractivity contribution in [1.29, 1.82) is 0 Å². The molecule has 4 nitrogen and oxygen atoms in total. The van der Waals surface area contributed by atoms with Crippen LogP contribution in [0.2, 0.25) is 18.1 Å². The summed E-state index contributed by atoms with van der Waals surface area (Å²) in [6.07, 6.45) is 6.43. The number of pyridine rings is 1. The Morgan fingerprint density at radius 1 is 1.14 bits per heavy atom. The summed E-state index contributed by atoms with van der Waals surface area (Å²) in [5, 5.41) is 0.274. The average molecular weight is 510 g/mol. The predicted molar refractivity (Wildman–Crippen MR) is 144 cm³/mol. The summed E-state index contributed by atoms with van der Waals surface area (Å²) in [6.45, 7) is 13.6. The van der Waals surface area contributed by atoms with E-state index in [1.54, 1.807) is 12.3 Å². The first-order valence-corrected chi connectivity index (χ1v) is 17.2. The highest BCUT2D eigenvalue weighted by molar-refractivity contribution is 7.86. The number of hydrogen-bond acceptors (Lipinski definition) is 4. The third-order valence-corrected chi connectivity index (χ3v) is 15.6. The van der Waals surface area contributed by atoms with E-state index < -0.39 is 24.4 Å². The molecule has 1 aromatic heterocycles. The molecule has 3 aliphatic rings. The number of fused-ring (bicyclic) bond motifs is 5. The maximum atomic E-state index is 13.6. The van der Waals surface area contributed by atoms with Gasteiger partial charge in [0.25, 0.3) is 0 Å². The van der Waals surface area contributed by atoms with E-state index in [-0.39, 0.29) is 16.2 Å². The van der Waals surface area contributed by atoms with Crippen molar-refractivity contribution in [2.45, 2.75) is 94.1 Å². The zero-order valence-corrected chi connectivity index (χ0v) is 23.8. The van der Waals surface area contributed by atoms with Gasteiger partial charge in [-0.3, -0.25) is 9.00 Å². The van der Waals surface area contributed by atoms with Crippen molar-refractivity contribution in [3.8, 4) is 5.75 Å². The van der Waals surface area contributed by atoms with Crippen LogP contribution in [0.3, 0.4) is 0 Å². The molecule has 1 aromatic carbocycles. The van der Waals surface area contributed by atoms with Crippen LogP contribution in [-0.4, -0.2) is 28.5 Å². The summed E-state index contributed by atoms with van der Waals surface area (Å²) in [6, 6.07) is 12.2. The lowest BCUT2D eigenvalue weighted by Crippen LogP contribution is -2.44. The van der Waals surface area contributed by atoms with Gasteiger partial charge in [0.1, 0.15) is 16.0 Å². The van der Waals surface area contributed by atoms with E-state index in [1.807, 2.05) is 12.1 Å². The number of rotatable bonds is 4. The molecular weight excluding hydrogens is 470 g/mol. The summed E-state index contributed by atoms with van der Waals surface area (Å²) in [5.74, 6) is 2.46. The molecule has 3 aliphatic carbocycles. The Balaban J connectivity index is 1.39. The van der Waals surface area contributed by atoms with E-state index in [0.717, 1.165) is 37.9 Å². The molecule has 0 radical (unpaired) electrons. The number of aromatic nitrogens is 1. The third kappa shape index (κ3) is 4.14. The molecule has 6 atom stereocenters. The second-order valence-corrected chi connectivity index (χ2v) is 19.0. The number of benzene rings is 1. The molecular formula is C29H39NO3SSi. The number of Topliss-reactive ketones (excluding diaryl/α,β-unsaturated/α-hetero) is 1. The van der Waals surface area contributed by atoms with Gasteiger partial charge in [-0.1, -0.05) is 39.8 Å². The Bertz CT molecular complexity index is 1160. The average Bonchev–Trinajstić information content (AvgIpc) is 3.08. The first kappa shape index (κ1) is 24.9. The van der Waals surface area contributed by atoms with E-state index >= 15 is 0 Å². The summed E-state index contributed by atoms with van der Waals surface area (Å²) in [7, 11) is -3.26. The SMILES string of the molecule is CC(C)(C)[Si](C)(C)Oc1ccc2c(c1)CCC1C2CC[C@]2(C)C(=O)C(S(=O)c3ccccn3)CC12. The highest BCUT2D eigenvalue weighted by Crippen LogP contribution is 2.60. The minimum atomic E-state index is -1.88. The minimum Gasteiger partial charge on any atom is -0.543 e. The van der Waals surface area contributed by atoms with Crippen LogP contribution in [0.15, 0.2) is 47.6 Å². The topological polar surface area (TPSA) is 56.3 Å². The van der Waals surface area contributed by atoms with E-state index in [1.165, 1.54) is 11.1 Å². The number of aryl methyl sites for hydroxylation is 1. The van der Waals surface area contributed by atoms with Gasteiger partial charge >= 0.3 is 0 Å². The smallest absolute Gasteiger partial charge is 0.250 e. The van der Waals surface area contributed by atoms with E-state index in [9.17, 15) is 9.00 Å². The monoisotopic (exact) mass is 509 g/mol. The Hall–Kier alpha value is -1.79. The summed E-state index contributed by atoms with van der Waals surface area (Å²) in [4.78, 5) is 17.9. The highest BCUT2D eigenvalue weighted by atomic mass is 32.2. The maximum absolute atomic E-state index is 13.6. The van der Waals surface area contributed by atoms with E-state index in [0.29, 0.717) is 22.8 Å². The lowest BCUT2D eigenvalue weighted by molar-refractivity contribution is -0.129. The van der Waals surface area contributed by atoms with Gasteiger partial charge in [0, 0.05) is 11.6 Å². The van der Waals surface area contributed by atoms with Crippen molar-refractivity contribution in [2.75, 3.05) is 0 Å². The second kappa shape index (κ2) is 8.65. The van der Waals surface area contributed by atoms with Crippen LogP contribution >= 0.6 is 0 Å². The second-order valence-electron chi connectivity index (χ2n) is 12.6. The van der Waals surface area contributed by atoms with Gasteiger partial charge in [0.05, 0.1) is 10.8 Å². The number of carbonyl (C=O) groups excluding carboxylic acids is 1. The van der Waals surface area contributed by atoms with Crippen LogP contribution < -0.4 is 4.43 Å². The van der Waals surface area contributed by atoms with Crippen LogP contribution in [0.4, 0.5) is 0 Å². The molecule has 0 N–H and O–H groups in total. The fraction of sp³-hybridized carbons (Fsp3) is 0.586. The molecule has 6 heteroatoms. The largest absolute Gasteiger partial charge is 0.543 e. The molecule has 35 heavy (non-hydrogen) atoms. The van der Waals surface area contributed by atoms with Gasteiger partial charge in [0.2, 0.25) is 8.32 Å².